The van der Waals surface area contributed by atoms with E-state index in [0.717, 1.165) is 5.56 Å². The lowest BCUT2D eigenvalue weighted by atomic mass is 10.1. The van der Waals surface area contributed by atoms with Gasteiger partial charge in [-0.1, -0.05) is 48.0 Å². The molecule has 0 fully saturated rings. The van der Waals surface area contributed by atoms with Crippen molar-refractivity contribution < 1.29 is 4.79 Å². The summed E-state index contributed by atoms with van der Waals surface area (Å²) in [4.78, 5) is 16.6. The second kappa shape index (κ2) is 7.53. The second-order valence-corrected chi connectivity index (χ2v) is 5.43. The summed E-state index contributed by atoms with van der Waals surface area (Å²) in [6.07, 6.45) is 1.69. The molecule has 1 N–H and O–H groups in total. The average molecular weight is 336 g/mol. The monoisotopic (exact) mass is 335 g/mol. The van der Waals surface area contributed by atoms with Gasteiger partial charge in [0.2, 0.25) is 0 Å². The molecule has 0 aliphatic carbocycles. The zero-order valence-corrected chi connectivity index (χ0v) is 13.4. The van der Waals surface area contributed by atoms with E-state index in [0.29, 0.717) is 22.0 Å². The number of carbonyl (C=O) groups is 1. The molecule has 0 aliphatic heterocycles. The van der Waals surface area contributed by atoms with Crippen LogP contribution < -0.4 is 5.43 Å². The third-order valence-electron chi connectivity index (χ3n) is 3.33. The van der Waals surface area contributed by atoms with Crippen LogP contribution in [0.2, 0.25) is 5.02 Å². The minimum Gasteiger partial charge on any atom is -0.267 e. The SMILES string of the molecule is O=C(N/N=C(\c1ccccc1)c1ccccn1)c1ccc(Cl)cc1. The molecular formula is C19H14ClN3O. The van der Waals surface area contributed by atoms with Crippen LogP contribution >= 0.6 is 11.6 Å². The predicted octanol–water partition coefficient (Wildman–Crippen LogP) is 3.92. The quantitative estimate of drug-likeness (QED) is 0.580. The maximum Gasteiger partial charge on any atom is 0.271 e. The molecule has 0 spiro atoms. The summed E-state index contributed by atoms with van der Waals surface area (Å²) in [6, 6.07) is 21.8. The molecule has 0 aliphatic rings. The highest BCUT2D eigenvalue weighted by Crippen LogP contribution is 2.10. The van der Waals surface area contributed by atoms with E-state index in [1.165, 1.54) is 0 Å². The maximum atomic E-state index is 12.2. The number of hydrazone groups is 1. The molecule has 2 aromatic carbocycles. The Morgan fingerprint density at radius 2 is 1.58 bits per heavy atom. The van der Waals surface area contributed by atoms with E-state index in [1.54, 1.807) is 30.5 Å². The number of hydrogen-bond acceptors (Lipinski definition) is 3. The van der Waals surface area contributed by atoms with Crippen LogP contribution in [0.3, 0.4) is 0 Å². The zero-order chi connectivity index (χ0) is 16.8. The fourth-order valence-corrected chi connectivity index (χ4v) is 2.27. The lowest BCUT2D eigenvalue weighted by Crippen LogP contribution is -2.21. The van der Waals surface area contributed by atoms with Crippen molar-refractivity contribution in [2.75, 3.05) is 0 Å². The fourth-order valence-electron chi connectivity index (χ4n) is 2.14. The van der Waals surface area contributed by atoms with Gasteiger partial charge in [-0.3, -0.25) is 9.78 Å². The molecule has 0 bridgehead atoms. The molecule has 1 amide bonds. The number of pyridine rings is 1. The molecule has 24 heavy (non-hydrogen) atoms. The molecule has 1 heterocycles. The van der Waals surface area contributed by atoms with Crippen molar-refractivity contribution in [1.82, 2.24) is 10.4 Å². The van der Waals surface area contributed by atoms with Crippen LogP contribution in [-0.2, 0) is 0 Å². The van der Waals surface area contributed by atoms with Crippen molar-refractivity contribution >= 4 is 23.2 Å². The summed E-state index contributed by atoms with van der Waals surface area (Å²) in [5.41, 5.74) is 5.21. The summed E-state index contributed by atoms with van der Waals surface area (Å²) in [6.45, 7) is 0. The van der Waals surface area contributed by atoms with Crippen LogP contribution in [0.15, 0.2) is 84.1 Å². The first-order valence-corrected chi connectivity index (χ1v) is 7.72. The van der Waals surface area contributed by atoms with Gasteiger partial charge in [0.15, 0.2) is 0 Å². The lowest BCUT2D eigenvalue weighted by Gasteiger charge is -2.07. The molecule has 0 saturated heterocycles. The van der Waals surface area contributed by atoms with Crippen LogP contribution in [0.1, 0.15) is 21.6 Å². The Balaban J connectivity index is 1.90. The van der Waals surface area contributed by atoms with Crippen molar-refractivity contribution in [3.63, 3.8) is 0 Å². The van der Waals surface area contributed by atoms with Gasteiger partial charge in [0, 0.05) is 22.3 Å². The summed E-state index contributed by atoms with van der Waals surface area (Å²) in [7, 11) is 0. The first kappa shape index (κ1) is 15.9. The van der Waals surface area contributed by atoms with E-state index >= 15 is 0 Å². The van der Waals surface area contributed by atoms with E-state index < -0.39 is 0 Å². The van der Waals surface area contributed by atoms with Crippen LogP contribution in [0.25, 0.3) is 0 Å². The molecule has 0 saturated carbocycles. The minimum absolute atomic E-state index is 0.309. The van der Waals surface area contributed by atoms with Gasteiger partial charge in [0.1, 0.15) is 5.71 Å². The van der Waals surface area contributed by atoms with Crippen molar-refractivity contribution in [3.05, 3.63) is 101 Å². The fraction of sp³-hybridized carbons (Fsp3) is 0. The number of hydrogen-bond donors (Lipinski definition) is 1. The van der Waals surface area contributed by atoms with Gasteiger partial charge in [-0.25, -0.2) is 5.43 Å². The van der Waals surface area contributed by atoms with Crippen molar-refractivity contribution in [2.24, 2.45) is 5.10 Å². The first-order valence-electron chi connectivity index (χ1n) is 7.34. The molecular weight excluding hydrogens is 322 g/mol. The van der Waals surface area contributed by atoms with Gasteiger partial charge < -0.3 is 0 Å². The number of carbonyl (C=O) groups excluding carboxylic acids is 1. The van der Waals surface area contributed by atoms with Gasteiger partial charge >= 0.3 is 0 Å². The van der Waals surface area contributed by atoms with Crippen LogP contribution in [0, 0.1) is 0 Å². The number of benzene rings is 2. The molecule has 1 aromatic heterocycles. The van der Waals surface area contributed by atoms with E-state index in [2.05, 4.69) is 15.5 Å². The molecule has 4 nitrogen and oxygen atoms in total. The number of aromatic nitrogens is 1. The van der Waals surface area contributed by atoms with E-state index in [4.69, 9.17) is 11.6 Å². The van der Waals surface area contributed by atoms with Gasteiger partial charge in [-0.2, -0.15) is 5.10 Å². The smallest absolute Gasteiger partial charge is 0.267 e. The molecule has 5 heteroatoms. The Kier molecular flexibility index (Phi) is 4.99. The maximum absolute atomic E-state index is 12.2. The topological polar surface area (TPSA) is 54.4 Å². The van der Waals surface area contributed by atoms with Gasteiger partial charge in [-0.15, -0.1) is 0 Å². The second-order valence-electron chi connectivity index (χ2n) is 4.99. The third-order valence-corrected chi connectivity index (χ3v) is 3.58. The Morgan fingerprint density at radius 3 is 2.25 bits per heavy atom. The third kappa shape index (κ3) is 3.86. The Labute approximate surface area is 144 Å². The summed E-state index contributed by atoms with van der Waals surface area (Å²) in [5.74, 6) is -0.309. The molecule has 3 aromatic rings. The largest absolute Gasteiger partial charge is 0.271 e. The summed E-state index contributed by atoms with van der Waals surface area (Å²) < 4.78 is 0. The van der Waals surface area contributed by atoms with E-state index in [-0.39, 0.29) is 5.91 Å². The Hall–Kier alpha value is -2.98. The number of amides is 1. The normalized spacial score (nSPS) is 11.1. The van der Waals surface area contributed by atoms with Gasteiger partial charge in [0.05, 0.1) is 5.69 Å². The Morgan fingerprint density at radius 1 is 0.875 bits per heavy atom. The van der Waals surface area contributed by atoms with Crippen LogP contribution in [-0.4, -0.2) is 16.6 Å². The minimum atomic E-state index is -0.309. The summed E-state index contributed by atoms with van der Waals surface area (Å²) in [5, 5.41) is 4.86. The van der Waals surface area contributed by atoms with Crippen molar-refractivity contribution in [3.8, 4) is 0 Å². The number of nitrogens with one attached hydrogen (secondary N) is 1. The number of halogens is 1. The number of rotatable bonds is 4. The molecule has 0 radical (unpaired) electrons. The van der Waals surface area contributed by atoms with Gasteiger partial charge in [-0.05, 0) is 36.4 Å². The highest BCUT2D eigenvalue weighted by molar-refractivity contribution is 6.30. The average Bonchev–Trinajstić information content (AvgIpc) is 2.64. The van der Waals surface area contributed by atoms with E-state index in [9.17, 15) is 4.79 Å². The highest BCUT2D eigenvalue weighted by atomic mass is 35.5. The standard InChI is InChI=1S/C19H14ClN3O/c20-16-11-9-15(10-12-16)19(24)23-22-18(14-6-2-1-3-7-14)17-8-4-5-13-21-17/h1-13H,(H,23,24)/b22-18+. The highest BCUT2D eigenvalue weighted by Gasteiger charge is 2.10. The van der Waals surface area contributed by atoms with Crippen LogP contribution in [0.5, 0.6) is 0 Å². The predicted molar refractivity (Wildman–Crippen MR) is 95.2 cm³/mol. The summed E-state index contributed by atoms with van der Waals surface area (Å²) >= 11 is 5.84. The van der Waals surface area contributed by atoms with Crippen LogP contribution in [0.4, 0.5) is 0 Å². The lowest BCUT2D eigenvalue weighted by molar-refractivity contribution is 0.0955. The van der Waals surface area contributed by atoms with Crippen molar-refractivity contribution in [1.29, 1.82) is 0 Å². The van der Waals surface area contributed by atoms with Gasteiger partial charge in [0.25, 0.3) is 5.91 Å². The molecule has 0 atom stereocenters. The molecule has 3 rings (SSSR count). The molecule has 0 unspecified atom stereocenters. The first-order chi connectivity index (χ1) is 11.7. The Bertz CT molecular complexity index is 805. The van der Waals surface area contributed by atoms with E-state index in [1.807, 2.05) is 48.5 Å². The zero-order valence-electron chi connectivity index (χ0n) is 12.7. The van der Waals surface area contributed by atoms with Crippen molar-refractivity contribution in [2.45, 2.75) is 0 Å². The number of nitrogens with zero attached hydrogens (tertiary/aromatic N) is 2. The molecule has 118 valence electrons.